The molecule has 1 unspecified atom stereocenters. The summed E-state index contributed by atoms with van der Waals surface area (Å²) in [5.41, 5.74) is 6.30. The highest BCUT2D eigenvalue weighted by Crippen LogP contribution is 2.74. The van der Waals surface area contributed by atoms with Crippen LogP contribution in [0.1, 0.15) is 132 Å². The number of fused-ring (bicyclic) bond motifs is 5. The number of allylic oxidation sites excluding steroid dienone is 2. The summed E-state index contributed by atoms with van der Waals surface area (Å²) < 4.78 is 13.4. The molecule has 11 atom stereocenters. The quantitative estimate of drug-likeness (QED) is 0.215. The molecule has 4 N–H and O–H groups in total. The van der Waals surface area contributed by atoms with Crippen LogP contribution in [0.4, 0.5) is 5.95 Å². The summed E-state index contributed by atoms with van der Waals surface area (Å²) in [6.07, 6.45) is 13.9. The van der Waals surface area contributed by atoms with Crippen molar-refractivity contribution in [2.45, 2.75) is 144 Å². The number of hydrogen-bond donors (Lipinski definition) is 3. The summed E-state index contributed by atoms with van der Waals surface area (Å²) >= 11 is 0. The monoisotopic (exact) mass is 697 g/mol. The highest BCUT2D eigenvalue weighted by atomic mass is 16.5. The van der Waals surface area contributed by atoms with Gasteiger partial charge in [-0.3, -0.25) is 4.79 Å². The molecule has 1 aromatic heterocycles. The van der Waals surface area contributed by atoms with Gasteiger partial charge in [0, 0.05) is 18.1 Å². The number of likely N-dealkylation sites (N-methyl/N-ethyl adjacent to an activating group) is 1. The first-order chi connectivity index (χ1) is 23.5. The lowest BCUT2D eigenvalue weighted by Gasteiger charge is -2.70. The molecule has 1 aromatic rings. The van der Waals surface area contributed by atoms with Crippen molar-refractivity contribution in [2.24, 2.45) is 56.7 Å². The molecular weight excluding hydrogens is 628 g/mol. The van der Waals surface area contributed by atoms with Gasteiger partial charge in [-0.2, -0.15) is 4.80 Å². The van der Waals surface area contributed by atoms with Gasteiger partial charge in [-0.25, -0.2) is 0 Å². The van der Waals surface area contributed by atoms with Gasteiger partial charge in [0.2, 0.25) is 0 Å². The normalized spacial score (nSPS) is 43.3. The van der Waals surface area contributed by atoms with Gasteiger partial charge in [0.15, 0.2) is 0 Å². The van der Waals surface area contributed by atoms with Crippen molar-refractivity contribution >= 4 is 11.9 Å². The predicted molar refractivity (Wildman–Crippen MR) is 196 cm³/mol. The third kappa shape index (κ3) is 5.50. The number of methoxy groups -OCH3 is 1. The Morgan fingerprint density at radius 2 is 1.74 bits per heavy atom. The van der Waals surface area contributed by atoms with Gasteiger partial charge in [-0.1, -0.05) is 91.4 Å². The number of carboxylic acids is 1. The number of anilines is 1. The van der Waals surface area contributed by atoms with Crippen molar-refractivity contribution < 1.29 is 19.4 Å². The molecule has 50 heavy (non-hydrogen) atoms. The zero-order valence-corrected chi connectivity index (χ0v) is 32.8. The standard InChI is InChI=1S/C40H68N6O4/c1-25(2)26(3)35(4)20-21-38(7)28-14-15-30-36(5,27(28)16-19-39(38,8)31(35)33(47)48)22-29(46-44-34(41)43-45-46)32(37(30,6)23-49-10)50-24-40(42-9)17-12-11-13-18-40/h16,25-26,28-32,42H,11-15,17-24H2,1-10H3,(H2,41,44)(H,47,48)/t26-,28+,29-,30-,31-,32+,35-,36-,37?,38-,39+/m1/s1. The van der Waals surface area contributed by atoms with Crippen LogP contribution in [0.3, 0.4) is 0 Å². The van der Waals surface area contributed by atoms with Gasteiger partial charge in [-0.05, 0) is 109 Å². The number of nitrogens with zero attached hydrogens (tertiary/aromatic N) is 4. The molecule has 10 heteroatoms. The Morgan fingerprint density at radius 3 is 2.32 bits per heavy atom. The first-order valence-electron chi connectivity index (χ1n) is 19.7. The van der Waals surface area contributed by atoms with E-state index >= 15 is 0 Å². The van der Waals surface area contributed by atoms with Crippen LogP contribution in [0, 0.1) is 56.7 Å². The molecule has 0 saturated heterocycles. The Bertz CT molecular complexity index is 1440. The maximum absolute atomic E-state index is 13.5. The number of nitrogen functional groups attached to an aromatic ring is 1. The van der Waals surface area contributed by atoms with E-state index in [1.165, 1.54) is 24.8 Å². The number of carboxylic acid groups (broad SMARTS) is 1. The van der Waals surface area contributed by atoms with Crippen LogP contribution < -0.4 is 11.1 Å². The number of nitrogens with two attached hydrogens (primary N) is 1. The second-order valence-electron chi connectivity index (χ2n) is 19.1. The second-order valence-corrected chi connectivity index (χ2v) is 19.1. The Balaban J connectivity index is 1.43. The Kier molecular flexibility index (Phi) is 9.89. The number of nitrogens with one attached hydrogen (secondary N) is 1. The van der Waals surface area contributed by atoms with E-state index in [-0.39, 0.29) is 50.7 Å². The topological polar surface area (TPSA) is 137 Å². The van der Waals surface area contributed by atoms with Crippen molar-refractivity contribution in [3.63, 3.8) is 0 Å². The number of hydrogen-bond acceptors (Lipinski definition) is 8. The van der Waals surface area contributed by atoms with Crippen molar-refractivity contribution in [1.82, 2.24) is 25.5 Å². The second kappa shape index (κ2) is 13.1. The highest BCUT2D eigenvalue weighted by molar-refractivity contribution is 5.73. The molecule has 0 spiro atoms. The molecule has 10 nitrogen and oxygen atoms in total. The van der Waals surface area contributed by atoms with Crippen molar-refractivity contribution in [3.05, 3.63) is 11.6 Å². The molecule has 282 valence electrons. The number of aromatic nitrogens is 4. The number of aliphatic carboxylic acids is 1. The van der Waals surface area contributed by atoms with Gasteiger partial charge in [0.05, 0.1) is 25.2 Å². The maximum atomic E-state index is 13.5. The zero-order chi connectivity index (χ0) is 36.5. The van der Waals surface area contributed by atoms with E-state index < -0.39 is 11.9 Å². The SMILES string of the molecule is CNC1(CO[C@H]2[C@H](n3nnc(N)n3)C[C@]3(C)C4=CC[C@@]5(C)[C@H](C(=O)O)[C@@](C)([C@H](C)C(C)C)CC[C@]5(C)[C@H]4CC[C@H]3C2(C)COC)CCCCC1. The zero-order valence-electron chi connectivity index (χ0n) is 32.8. The predicted octanol–water partition coefficient (Wildman–Crippen LogP) is 7.33. The van der Waals surface area contributed by atoms with Gasteiger partial charge < -0.3 is 25.6 Å². The van der Waals surface area contributed by atoms with Crippen LogP contribution >= 0.6 is 0 Å². The van der Waals surface area contributed by atoms with Crippen LogP contribution in [0.15, 0.2) is 11.6 Å². The van der Waals surface area contributed by atoms with Gasteiger partial charge in [0.25, 0.3) is 5.95 Å². The molecular formula is C40H68N6O4. The van der Waals surface area contributed by atoms with Crippen molar-refractivity contribution in [2.75, 3.05) is 33.1 Å². The third-order valence-electron chi connectivity index (χ3n) is 16.6. The molecule has 0 radical (unpaired) electrons. The van der Waals surface area contributed by atoms with Gasteiger partial charge >= 0.3 is 5.97 Å². The number of carbonyl (C=O) groups is 1. The van der Waals surface area contributed by atoms with Crippen LogP contribution in [-0.4, -0.2) is 70.3 Å². The minimum atomic E-state index is -0.622. The maximum Gasteiger partial charge on any atom is 0.307 e. The lowest BCUT2D eigenvalue weighted by Crippen LogP contribution is -2.66. The first-order valence-corrected chi connectivity index (χ1v) is 19.7. The fourth-order valence-electron chi connectivity index (χ4n) is 13.3. The fourth-order valence-corrected chi connectivity index (χ4v) is 13.3. The van der Waals surface area contributed by atoms with E-state index in [0.29, 0.717) is 36.9 Å². The van der Waals surface area contributed by atoms with Crippen LogP contribution in [0.2, 0.25) is 0 Å². The molecule has 0 bridgehead atoms. The van der Waals surface area contributed by atoms with Crippen LogP contribution in [0.25, 0.3) is 0 Å². The van der Waals surface area contributed by atoms with E-state index in [4.69, 9.17) is 15.2 Å². The van der Waals surface area contributed by atoms with Crippen molar-refractivity contribution in [3.8, 4) is 0 Å². The van der Waals surface area contributed by atoms with Crippen molar-refractivity contribution in [1.29, 1.82) is 0 Å². The summed E-state index contributed by atoms with van der Waals surface area (Å²) in [4.78, 5) is 15.2. The van der Waals surface area contributed by atoms with Gasteiger partial charge in [-0.15, -0.1) is 5.10 Å². The number of rotatable bonds is 10. The molecule has 5 aliphatic rings. The lowest BCUT2D eigenvalue weighted by molar-refractivity contribution is -0.213. The van der Waals surface area contributed by atoms with Crippen LogP contribution in [-0.2, 0) is 14.3 Å². The summed E-state index contributed by atoms with van der Waals surface area (Å²) in [7, 11) is 3.89. The van der Waals surface area contributed by atoms with E-state index in [9.17, 15) is 9.90 Å². The number of ether oxygens (including phenoxy) is 2. The molecule has 0 amide bonds. The molecule has 0 aromatic carbocycles. The summed E-state index contributed by atoms with van der Waals surface area (Å²) in [6, 6.07) is -0.187. The molecule has 5 aliphatic carbocycles. The highest BCUT2D eigenvalue weighted by Gasteiger charge is 2.70. The average molecular weight is 697 g/mol. The minimum absolute atomic E-state index is 0.0435. The molecule has 0 aliphatic heterocycles. The Morgan fingerprint density at radius 1 is 1.04 bits per heavy atom. The number of tetrazole rings is 1. The summed E-state index contributed by atoms with van der Waals surface area (Å²) in [5.74, 6) is 0.478. The first kappa shape index (κ1) is 37.7. The minimum Gasteiger partial charge on any atom is -0.481 e. The van der Waals surface area contributed by atoms with E-state index in [0.717, 1.165) is 51.4 Å². The fraction of sp³-hybridized carbons (Fsp3) is 0.900. The largest absolute Gasteiger partial charge is 0.481 e. The molecule has 6 rings (SSSR count). The van der Waals surface area contributed by atoms with Crippen LogP contribution in [0.5, 0.6) is 0 Å². The van der Waals surface area contributed by atoms with E-state index in [2.05, 4.69) is 89.2 Å². The molecule has 4 fully saturated rings. The summed E-state index contributed by atoms with van der Waals surface area (Å²) in [6.45, 7) is 19.9. The molecule has 4 saturated carbocycles. The lowest BCUT2D eigenvalue weighted by atomic mass is 9.34. The van der Waals surface area contributed by atoms with E-state index in [1.807, 2.05) is 7.11 Å². The average Bonchev–Trinajstić information content (AvgIpc) is 3.50. The Hall–Kier alpha value is -2.04. The van der Waals surface area contributed by atoms with Gasteiger partial charge in [0.1, 0.15) is 6.04 Å². The Labute approximate surface area is 301 Å². The third-order valence-corrected chi connectivity index (χ3v) is 16.6. The smallest absolute Gasteiger partial charge is 0.307 e. The summed E-state index contributed by atoms with van der Waals surface area (Å²) in [5, 5.41) is 28.0. The molecule has 1 heterocycles. The van der Waals surface area contributed by atoms with E-state index in [1.54, 1.807) is 4.80 Å².